The van der Waals surface area contributed by atoms with Gasteiger partial charge in [-0.2, -0.15) is 5.48 Å². The van der Waals surface area contributed by atoms with Crippen molar-refractivity contribution in [2.75, 3.05) is 19.0 Å². The molecule has 0 saturated carbocycles. The lowest BCUT2D eigenvalue weighted by atomic mass is 10.9. The molecular weight excluding hydrogens is 190 g/mol. The van der Waals surface area contributed by atoms with E-state index in [-0.39, 0.29) is 0 Å². The third-order valence-corrected chi connectivity index (χ3v) is 0.819. The highest BCUT2D eigenvalue weighted by Crippen LogP contribution is 1.81. The van der Waals surface area contributed by atoms with Crippen LogP contribution in [0.2, 0.25) is 0 Å². The first-order chi connectivity index (χ1) is 4.31. The van der Waals surface area contributed by atoms with Gasteiger partial charge in [-0.3, -0.25) is 4.84 Å². The lowest BCUT2D eigenvalue weighted by molar-refractivity contribution is 0.0618. The molecule has 1 amide bonds. The average molecular weight is 198 g/mol. The smallest absolute Gasteiger partial charge is 0.431 e. The highest BCUT2D eigenvalue weighted by Gasteiger charge is 1.96. The van der Waals surface area contributed by atoms with Crippen LogP contribution >= 0.6 is 15.9 Å². The Labute approximate surface area is 61.6 Å². The molecule has 0 heterocycles. The van der Waals surface area contributed by atoms with Gasteiger partial charge in [0.15, 0.2) is 0 Å². The Morgan fingerprint density at radius 3 is 2.89 bits per heavy atom. The van der Waals surface area contributed by atoms with Crippen LogP contribution in [0.1, 0.15) is 0 Å². The van der Waals surface area contributed by atoms with Crippen LogP contribution in [-0.4, -0.2) is 25.1 Å². The van der Waals surface area contributed by atoms with Gasteiger partial charge in [-0.1, -0.05) is 15.9 Å². The standard InChI is InChI=1S/C4H8BrNO3/c1-8-6-4(7)9-3-2-5/h2-3H2,1H3,(H,6,7). The van der Waals surface area contributed by atoms with Gasteiger partial charge in [0.25, 0.3) is 0 Å². The molecule has 0 unspecified atom stereocenters. The molecule has 9 heavy (non-hydrogen) atoms. The van der Waals surface area contributed by atoms with Crippen LogP contribution in [0.4, 0.5) is 4.79 Å². The largest absolute Gasteiger partial charge is 0.447 e. The zero-order chi connectivity index (χ0) is 7.11. The number of amides is 1. The number of carbonyl (C=O) groups excluding carboxylic acids is 1. The zero-order valence-corrected chi connectivity index (χ0v) is 6.60. The molecule has 54 valence electrons. The van der Waals surface area contributed by atoms with Crippen molar-refractivity contribution in [2.24, 2.45) is 0 Å². The van der Waals surface area contributed by atoms with Crippen molar-refractivity contribution in [1.82, 2.24) is 5.48 Å². The van der Waals surface area contributed by atoms with Gasteiger partial charge in [0.1, 0.15) is 6.61 Å². The fourth-order valence-corrected chi connectivity index (χ4v) is 0.406. The van der Waals surface area contributed by atoms with Crippen LogP contribution in [0.15, 0.2) is 0 Å². The van der Waals surface area contributed by atoms with Crippen molar-refractivity contribution in [2.45, 2.75) is 0 Å². The third kappa shape index (κ3) is 5.58. The number of hydrogen-bond donors (Lipinski definition) is 1. The molecule has 4 nitrogen and oxygen atoms in total. The summed E-state index contributed by atoms with van der Waals surface area (Å²) < 4.78 is 4.51. The van der Waals surface area contributed by atoms with E-state index in [0.29, 0.717) is 11.9 Å². The maximum Gasteiger partial charge on any atom is 0.431 e. The summed E-state index contributed by atoms with van der Waals surface area (Å²) in [6, 6.07) is 0. The highest BCUT2D eigenvalue weighted by molar-refractivity contribution is 9.09. The lowest BCUT2D eigenvalue weighted by Crippen LogP contribution is -2.23. The van der Waals surface area contributed by atoms with E-state index in [1.807, 2.05) is 5.48 Å². The van der Waals surface area contributed by atoms with E-state index in [2.05, 4.69) is 25.5 Å². The zero-order valence-electron chi connectivity index (χ0n) is 5.02. The molecule has 1 N–H and O–H groups in total. The second-order valence-corrected chi connectivity index (χ2v) is 1.92. The molecule has 5 heteroatoms. The van der Waals surface area contributed by atoms with Gasteiger partial charge in [0.05, 0.1) is 7.11 Å². The summed E-state index contributed by atoms with van der Waals surface area (Å²) in [6.07, 6.45) is -0.572. The molecule has 0 aromatic carbocycles. The van der Waals surface area contributed by atoms with E-state index in [9.17, 15) is 4.79 Å². The van der Waals surface area contributed by atoms with Crippen molar-refractivity contribution >= 4 is 22.0 Å². The molecule has 0 atom stereocenters. The predicted octanol–water partition coefficient (Wildman–Crippen LogP) is 0.669. The van der Waals surface area contributed by atoms with Gasteiger partial charge >= 0.3 is 6.09 Å². The normalized spacial score (nSPS) is 8.67. The first kappa shape index (κ1) is 8.71. The molecule has 0 spiro atoms. The van der Waals surface area contributed by atoms with Crippen LogP contribution in [0, 0.1) is 0 Å². The summed E-state index contributed by atoms with van der Waals surface area (Å²) in [5.41, 5.74) is 2.00. The van der Waals surface area contributed by atoms with Crippen molar-refractivity contribution in [3.63, 3.8) is 0 Å². The Hall–Kier alpha value is -0.290. The van der Waals surface area contributed by atoms with Crippen molar-refractivity contribution in [1.29, 1.82) is 0 Å². The minimum absolute atomic E-state index is 0.342. The lowest BCUT2D eigenvalue weighted by Gasteiger charge is -2.00. The van der Waals surface area contributed by atoms with Gasteiger partial charge in [-0.05, 0) is 0 Å². The minimum atomic E-state index is -0.572. The number of rotatable bonds is 3. The Morgan fingerprint density at radius 2 is 2.44 bits per heavy atom. The molecular formula is C4H8BrNO3. The first-order valence-electron chi connectivity index (χ1n) is 2.33. The maximum absolute atomic E-state index is 10.3. The first-order valence-corrected chi connectivity index (χ1v) is 3.45. The fourth-order valence-electron chi connectivity index (χ4n) is 0.244. The van der Waals surface area contributed by atoms with Crippen LogP contribution < -0.4 is 5.48 Å². The molecule has 0 aliphatic rings. The van der Waals surface area contributed by atoms with Gasteiger partial charge < -0.3 is 4.74 Å². The molecule has 0 aromatic heterocycles. The molecule has 0 radical (unpaired) electrons. The van der Waals surface area contributed by atoms with E-state index < -0.39 is 6.09 Å². The summed E-state index contributed by atoms with van der Waals surface area (Å²) >= 11 is 3.08. The third-order valence-electron chi connectivity index (χ3n) is 0.496. The number of ether oxygens (including phenoxy) is 1. The van der Waals surface area contributed by atoms with E-state index in [1.54, 1.807) is 0 Å². The molecule has 0 fully saturated rings. The van der Waals surface area contributed by atoms with Gasteiger partial charge in [-0.25, -0.2) is 4.79 Å². The number of alkyl halides is 1. The van der Waals surface area contributed by atoms with Crippen LogP contribution in [0.25, 0.3) is 0 Å². The predicted molar refractivity (Wildman–Crippen MR) is 35.3 cm³/mol. The molecule has 0 aliphatic carbocycles. The SMILES string of the molecule is CONC(=O)OCCBr. The Balaban J connectivity index is 3.06. The number of nitrogens with one attached hydrogen (secondary N) is 1. The fraction of sp³-hybridized carbons (Fsp3) is 0.750. The number of halogens is 1. The summed E-state index contributed by atoms with van der Waals surface area (Å²) in [5.74, 6) is 0. The molecule has 0 aromatic rings. The monoisotopic (exact) mass is 197 g/mol. The molecule has 0 aliphatic heterocycles. The Kier molecular flexibility index (Phi) is 5.65. The molecule has 0 rings (SSSR count). The summed E-state index contributed by atoms with van der Waals surface area (Å²) in [7, 11) is 1.34. The van der Waals surface area contributed by atoms with Gasteiger partial charge in [-0.15, -0.1) is 0 Å². The summed E-state index contributed by atoms with van der Waals surface area (Å²) in [6.45, 7) is 0.342. The second-order valence-electron chi connectivity index (χ2n) is 1.13. The quantitative estimate of drug-likeness (QED) is 0.535. The van der Waals surface area contributed by atoms with Crippen LogP contribution in [0.5, 0.6) is 0 Å². The van der Waals surface area contributed by atoms with Crippen molar-refractivity contribution in [3.8, 4) is 0 Å². The van der Waals surface area contributed by atoms with E-state index >= 15 is 0 Å². The number of carbonyl (C=O) groups is 1. The van der Waals surface area contributed by atoms with E-state index in [0.717, 1.165) is 0 Å². The highest BCUT2D eigenvalue weighted by atomic mass is 79.9. The Morgan fingerprint density at radius 1 is 1.78 bits per heavy atom. The maximum atomic E-state index is 10.3. The Bertz CT molecular complexity index is 87.9. The summed E-state index contributed by atoms with van der Waals surface area (Å²) in [4.78, 5) is 14.6. The summed E-state index contributed by atoms with van der Waals surface area (Å²) in [5, 5.41) is 0.629. The number of hydroxylamine groups is 1. The second kappa shape index (κ2) is 5.84. The van der Waals surface area contributed by atoms with Crippen molar-refractivity contribution in [3.05, 3.63) is 0 Å². The average Bonchev–Trinajstić information content (AvgIpc) is 1.85. The number of hydrogen-bond acceptors (Lipinski definition) is 3. The van der Waals surface area contributed by atoms with E-state index in [4.69, 9.17) is 0 Å². The van der Waals surface area contributed by atoms with Gasteiger partial charge in [0, 0.05) is 5.33 Å². The topological polar surface area (TPSA) is 47.6 Å². The van der Waals surface area contributed by atoms with Crippen LogP contribution in [-0.2, 0) is 9.57 Å². The molecule has 0 saturated heterocycles. The van der Waals surface area contributed by atoms with E-state index in [1.165, 1.54) is 7.11 Å². The minimum Gasteiger partial charge on any atom is -0.447 e. The van der Waals surface area contributed by atoms with Crippen LogP contribution in [0.3, 0.4) is 0 Å². The van der Waals surface area contributed by atoms with Gasteiger partial charge in [0.2, 0.25) is 0 Å². The van der Waals surface area contributed by atoms with Crippen molar-refractivity contribution < 1.29 is 14.4 Å². The molecule has 0 bridgehead atoms.